The molecule has 0 atom stereocenters. The zero-order chi connectivity index (χ0) is 10.1. The molecule has 2 heteroatoms. The maximum Gasteiger partial charge on any atom is 0.329 e. The Bertz CT molecular complexity index is 252. The number of esters is 1. The Morgan fingerprint density at radius 3 is 2.08 bits per heavy atom. The highest BCUT2D eigenvalue weighted by atomic mass is 16.5. The maximum atomic E-state index is 9.84. The third-order valence-electron chi connectivity index (χ3n) is 1.31. The molecular weight excluding hydrogens is 164 g/mol. The van der Waals surface area contributed by atoms with Crippen molar-refractivity contribution in [2.45, 2.75) is 6.92 Å². The van der Waals surface area contributed by atoms with Crippen molar-refractivity contribution < 1.29 is 9.53 Å². The summed E-state index contributed by atoms with van der Waals surface area (Å²) < 4.78 is 4.14. The third-order valence-corrected chi connectivity index (χ3v) is 1.31. The van der Waals surface area contributed by atoms with Gasteiger partial charge in [-0.3, -0.25) is 0 Å². The maximum absolute atomic E-state index is 9.84. The summed E-state index contributed by atoms with van der Waals surface area (Å²) in [4.78, 5) is 9.84. The summed E-state index contributed by atoms with van der Waals surface area (Å²) in [7, 11) is 1.31. The Hall–Kier alpha value is -1.57. The van der Waals surface area contributed by atoms with Crippen molar-refractivity contribution in [1.82, 2.24) is 0 Å². The highest BCUT2D eigenvalue weighted by Crippen LogP contribution is 1.92. The molecule has 1 aromatic rings. The minimum absolute atomic E-state index is 0.394. The molecule has 0 spiro atoms. The van der Waals surface area contributed by atoms with Crippen molar-refractivity contribution in [3.8, 4) is 0 Å². The minimum atomic E-state index is -0.394. The van der Waals surface area contributed by atoms with Crippen LogP contribution in [0.3, 0.4) is 0 Å². The molecule has 13 heavy (non-hydrogen) atoms. The van der Waals surface area contributed by atoms with E-state index in [1.807, 2.05) is 18.2 Å². The summed E-state index contributed by atoms with van der Waals surface area (Å²) in [6.45, 7) is 5.24. The molecule has 0 N–H and O–H groups in total. The first-order valence-electron chi connectivity index (χ1n) is 3.92. The van der Waals surface area contributed by atoms with E-state index in [0.29, 0.717) is 0 Å². The van der Waals surface area contributed by atoms with Crippen LogP contribution in [0.2, 0.25) is 0 Å². The Balaban J connectivity index is 0.000000226. The molecule has 0 aliphatic heterocycles. The van der Waals surface area contributed by atoms with Crippen LogP contribution in [0.25, 0.3) is 0 Å². The molecule has 0 aliphatic carbocycles. The number of hydrogen-bond acceptors (Lipinski definition) is 2. The number of carbonyl (C=O) groups is 1. The molecule has 0 heterocycles. The van der Waals surface area contributed by atoms with Crippen molar-refractivity contribution in [1.29, 1.82) is 0 Å². The van der Waals surface area contributed by atoms with Gasteiger partial charge in [0.05, 0.1) is 7.11 Å². The zero-order valence-electron chi connectivity index (χ0n) is 7.99. The second-order valence-corrected chi connectivity index (χ2v) is 2.38. The third kappa shape index (κ3) is 6.81. The molecule has 0 bridgehead atoms. The van der Waals surface area contributed by atoms with Crippen molar-refractivity contribution >= 4 is 5.97 Å². The van der Waals surface area contributed by atoms with E-state index in [-0.39, 0.29) is 0 Å². The van der Waals surface area contributed by atoms with Gasteiger partial charge in [0.1, 0.15) is 0 Å². The summed E-state index contributed by atoms with van der Waals surface area (Å²) in [6, 6.07) is 10.3. The molecular formula is C11H14O2. The van der Waals surface area contributed by atoms with Gasteiger partial charge in [-0.15, -0.1) is 0 Å². The Kier molecular flexibility index (Phi) is 6.24. The van der Waals surface area contributed by atoms with Crippen LogP contribution in [0.15, 0.2) is 43.0 Å². The Morgan fingerprint density at radius 1 is 1.38 bits per heavy atom. The second-order valence-electron chi connectivity index (χ2n) is 2.38. The fourth-order valence-corrected chi connectivity index (χ4v) is 0.618. The van der Waals surface area contributed by atoms with Crippen LogP contribution in [-0.2, 0) is 9.53 Å². The number of aryl methyl sites for hydroxylation is 1. The average Bonchev–Trinajstić information content (AvgIpc) is 2.19. The molecule has 70 valence electrons. The molecule has 0 aromatic heterocycles. The quantitative estimate of drug-likeness (QED) is 0.487. The van der Waals surface area contributed by atoms with E-state index < -0.39 is 5.97 Å². The normalized spacial score (nSPS) is 7.85. The number of ether oxygens (including phenoxy) is 1. The topological polar surface area (TPSA) is 26.3 Å². The van der Waals surface area contributed by atoms with Crippen LogP contribution in [0.5, 0.6) is 0 Å². The molecule has 0 radical (unpaired) electrons. The van der Waals surface area contributed by atoms with Crippen molar-refractivity contribution in [3.63, 3.8) is 0 Å². The van der Waals surface area contributed by atoms with E-state index >= 15 is 0 Å². The summed E-state index contributed by atoms with van der Waals surface area (Å²) in [5.41, 5.74) is 1.32. The van der Waals surface area contributed by atoms with Gasteiger partial charge >= 0.3 is 5.97 Å². The number of benzene rings is 1. The molecule has 1 rings (SSSR count). The molecule has 1 aromatic carbocycles. The predicted molar refractivity (Wildman–Crippen MR) is 53.4 cm³/mol. The summed E-state index contributed by atoms with van der Waals surface area (Å²) in [5.74, 6) is -0.394. The van der Waals surface area contributed by atoms with E-state index in [0.717, 1.165) is 6.08 Å². The Labute approximate surface area is 78.8 Å². The van der Waals surface area contributed by atoms with Gasteiger partial charge in [-0.05, 0) is 6.92 Å². The van der Waals surface area contributed by atoms with Crippen molar-refractivity contribution in [3.05, 3.63) is 48.6 Å². The smallest absolute Gasteiger partial charge is 0.329 e. The highest BCUT2D eigenvalue weighted by Gasteiger charge is 1.81. The van der Waals surface area contributed by atoms with Crippen LogP contribution < -0.4 is 0 Å². The van der Waals surface area contributed by atoms with E-state index in [4.69, 9.17) is 0 Å². The van der Waals surface area contributed by atoms with Gasteiger partial charge in [0.15, 0.2) is 0 Å². The van der Waals surface area contributed by atoms with E-state index in [9.17, 15) is 4.79 Å². The Morgan fingerprint density at radius 2 is 1.92 bits per heavy atom. The number of carbonyl (C=O) groups excluding carboxylic acids is 1. The fraction of sp³-hybridized carbons (Fsp3) is 0.182. The highest BCUT2D eigenvalue weighted by molar-refractivity contribution is 5.80. The van der Waals surface area contributed by atoms with E-state index in [1.54, 1.807) is 0 Å². The van der Waals surface area contributed by atoms with Crippen LogP contribution in [0.1, 0.15) is 5.56 Å². The molecule has 2 nitrogen and oxygen atoms in total. The number of methoxy groups -OCH3 is 1. The van der Waals surface area contributed by atoms with E-state index in [2.05, 4.69) is 30.4 Å². The molecule has 0 saturated carbocycles. The molecule has 0 unspecified atom stereocenters. The second kappa shape index (κ2) is 7.10. The average molecular weight is 178 g/mol. The first-order chi connectivity index (χ1) is 6.20. The monoisotopic (exact) mass is 178 g/mol. The molecule has 0 amide bonds. The van der Waals surface area contributed by atoms with Crippen LogP contribution >= 0.6 is 0 Å². The van der Waals surface area contributed by atoms with Gasteiger partial charge in [-0.2, -0.15) is 0 Å². The number of rotatable bonds is 1. The van der Waals surface area contributed by atoms with Gasteiger partial charge in [0.2, 0.25) is 0 Å². The molecule has 0 aliphatic rings. The van der Waals surface area contributed by atoms with Crippen molar-refractivity contribution in [2.75, 3.05) is 7.11 Å². The first-order valence-corrected chi connectivity index (χ1v) is 3.92. The van der Waals surface area contributed by atoms with Gasteiger partial charge in [-0.25, -0.2) is 4.79 Å². The summed E-state index contributed by atoms with van der Waals surface area (Å²) in [6.07, 6.45) is 1.11. The number of hydrogen-bond donors (Lipinski definition) is 0. The van der Waals surface area contributed by atoms with Crippen LogP contribution in [0.4, 0.5) is 0 Å². The zero-order valence-corrected chi connectivity index (χ0v) is 7.99. The largest absolute Gasteiger partial charge is 0.466 e. The van der Waals surface area contributed by atoms with Crippen LogP contribution in [-0.4, -0.2) is 13.1 Å². The lowest BCUT2D eigenvalue weighted by Crippen LogP contribution is -1.91. The van der Waals surface area contributed by atoms with Gasteiger partial charge < -0.3 is 4.74 Å². The fourth-order valence-electron chi connectivity index (χ4n) is 0.618. The molecule has 0 fully saturated rings. The minimum Gasteiger partial charge on any atom is -0.466 e. The van der Waals surface area contributed by atoms with Crippen molar-refractivity contribution in [2.24, 2.45) is 0 Å². The summed E-state index contributed by atoms with van der Waals surface area (Å²) >= 11 is 0. The van der Waals surface area contributed by atoms with Gasteiger partial charge in [-0.1, -0.05) is 42.5 Å². The lowest BCUT2D eigenvalue weighted by molar-refractivity contribution is -0.134. The lowest BCUT2D eigenvalue weighted by Gasteiger charge is -1.83. The van der Waals surface area contributed by atoms with Crippen LogP contribution in [0, 0.1) is 6.92 Å². The van der Waals surface area contributed by atoms with E-state index in [1.165, 1.54) is 12.7 Å². The van der Waals surface area contributed by atoms with Gasteiger partial charge in [0, 0.05) is 6.08 Å². The van der Waals surface area contributed by atoms with Gasteiger partial charge in [0.25, 0.3) is 0 Å². The predicted octanol–water partition coefficient (Wildman–Crippen LogP) is 2.34. The standard InChI is InChI=1S/C7H8.C4H6O2/c1-7-5-3-2-4-6-7;1-3-4(5)6-2/h2-6H,1H3;3H,1H2,2H3. The molecule has 0 saturated heterocycles. The SMILES string of the molecule is C=CC(=O)OC.Cc1ccccc1. The first kappa shape index (κ1) is 11.4. The lowest BCUT2D eigenvalue weighted by atomic mass is 10.2. The summed E-state index contributed by atoms with van der Waals surface area (Å²) in [5, 5.41) is 0.